The van der Waals surface area contributed by atoms with Crippen molar-refractivity contribution in [1.29, 1.82) is 0 Å². The van der Waals surface area contributed by atoms with Gasteiger partial charge in [0.15, 0.2) is 16.7 Å². The molecule has 8 heteroatoms. The zero-order valence-corrected chi connectivity index (χ0v) is 17.2. The number of benzene rings is 2. The average Bonchev–Trinajstić information content (AvgIpc) is 2.98. The Hall–Kier alpha value is -2.87. The van der Waals surface area contributed by atoms with Gasteiger partial charge in [0.1, 0.15) is 5.75 Å². The summed E-state index contributed by atoms with van der Waals surface area (Å²) in [6, 6.07) is 9.72. The first-order valence-corrected chi connectivity index (χ1v) is 10.4. The molecular formula is C21H23N3O4S. The number of thioether (sulfide) groups is 1. The van der Waals surface area contributed by atoms with Crippen LogP contribution < -0.4 is 19.5 Å². The highest BCUT2D eigenvalue weighted by atomic mass is 32.2. The van der Waals surface area contributed by atoms with Gasteiger partial charge >= 0.3 is 0 Å². The largest absolute Gasteiger partial charge is 0.496 e. The van der Waals surface area contributed by atoms with Crippen LogP contribution >= 0.6 is 11.8 Å². The van der Waals surface area contributed by atoms with E-state index in [4.69, 9.17) is 14.2 Å². The molecule has 1 aliphatic rings. The fourth-order valence-corrected chi connectivity index (χ4v) is 3.82. The van der Waals surface area contributed by atoms with E-state index in [1.807, 2.05) is 37.3 Å². The third kappa shape index (κ3) is 4.59. The second-order valence-corrected chi connectivity index (χ2v) is 7.75. The van der Waals surface area contributed by atoms with E-state index in [1.165, 1.54) is 17.3 Å². The molecule has 0 saturated carbocycles. The fourth-order valence-electron chi connectivity index (χ4n) is 3.11. The summed E-state index contributed by atoms with van der Waals surface area (Å²) in [5, 5.41) is 3.66. The molecule has 2 aromatic carbocycles. The normalized spacial score (nSPS) is 13.2. The number of hydrogen-bond acceptors (Lipinski definition) is 6. The number of H-pyrrole nitrogens is 1. The van der Waals surface area contributed by atoms with Gasteiger partial charge in [-0.1, -0.05) is 17.8 Å². The molecule has 0 saturated heterocycles. The molecular weight excluding hydrogens is 390 g/mol. The Morgan fingerprint density at radius 2 is 2.03 bits per heavy atom. The smallest absolute Gasteiger partial charge is 0.230 e. The lowest BCUT2D eigenvalue weighted by Gasteiger charge is -2.14. The van der Waals surface area contributed by atoms with E-state index in [2.05, 4.69) is 15.3 Å². The number of imidazole rings is 1. The van der Waals surface area contributed by atoms with Crippen molar-refractivity contribution in [2.24, 2.45) is 0 Å². The standard InChI is InChI=1S/C21H23N3O4S/c1-13-4-5-15-16(8-13)24-21(23-15)29-12-20(25)22-11-14-9-18-19(10-17(14)26-2)28-7-3-6-27-18/h4-5,8-10H,3,6-7,11-12H2,1-2H3,(H,22,25)(H,23,24). The van der Waals surface area contributed by atoms with E-state index in [0.717, 1.165) is 28.2 Å². The van der Waals surface area contributed by atoms with Crippen molar-refractivity contribution in [3.8, 4) is 17.2 Å². The molecule has 0 fully saturated rings. The number of aromatic amines is 1. The van der Waals surface area contributed by atoms with Gasteiger partial charge in [0.2, 0.25) is 5.91 Å². The average molecular weight is 413 g/mol. The number of carbonyl (C=O) groups excluding carboxylic acids is 1. The van der Waals surface area contributed by atoms with Crippen LogP contribution in [0.5, 0.6) is 17.2 Å². The lowest BCUT2D eigenvalue weighted by molar-refractivity contribution is -0.118. The molecule has 2 heterocycles. The van der Waals surface area contributed by atoms with Gasteiger partial charge in [-0.3, -0.25) is 4.79 Å². The van der Waals surface area contributed by atoms with Gasteiger partial charge in [-0.25, -0.2) is 4.98 Å². The van der Waals surface area contributed by atoms with Crippen LogP contribution in [0.3, 0.4) is 0 Å². The predicted octanol–water partition coefficient (Wildman–Crippen LogP) is 3.45. The summed E-state index contributed by atoms with van der Waals surface area (Å²) in [6.07, 6.45) is 0.835. The molecule has 0 bridgehead atoms. The summed E-state index contributed by atoms with van der Waals surface area (Å²) in [4.78, 5) is 20.1. The molecule has 0 unspecified atom stereocenters. The third-order valence-corrected chi connectivity index (χ3v) is 5.46. The first-order chi connectivity index (χ1) is 14.1. The van der Waals surface area contributed by atoms with E-state index in [1.54, 1.807) is 7.11 Å². The number of carbonyl (C=O) groups is 1. The van der Waals surface area contributed by atoms with E-state index in [0.29, 0.717) is 37.0 Å². The Morgan fingerprint density at radius 1 is 1.24 bits per heavy atom. The highest BCUT2D eigenvalue weighted by Crippen LogP contribution is 2.36. The summed E-state index contributed by atoms with van der Waals surface area (Å²) in [6.45, 7) is 3.61. The van der Waals surface area contributed by atoms with Gasteiger partial charge in [0.05, 0.1) is 37.1 Å². The minimum absolute atomic E-state index is 0.0826. The SMILES string of the molecule is COc1cc2c(cc1CNC(=O)CSc1nc3ccc(C)cc3[nH]1)OCCCO2. The number of aryl methyl sites for hydroxylation is 1. The highest BCUT2D eigenvalue weighted by Gasteiger charge is 2.16. The van der Waals surface area contributed by atoms with E-state index < -0.39 is 0 Å². The fraction of sp³-hybridized carbons (Fsp3) is 0.333. The minimum atomic E-state index is -0.0826. The Bertz CT molecular complexity index is 1030. The number of aromatic nitrogens is 2. The number of hydrogen-bond donors (Lipinski definition) is 2. The zero-order valence-electron chi connectivity index (χ0n) is 16.4. The molecule has 4 rings (SSSR count). The molecule has 0 atom stereocenters. The first-order valence-electron chi connectivity index (χ1n) is 9.45. The molecule has 0 spiro atoms. The van der Waals surface area contributed by atoms with Gasteiger partial charge in [0, 0.05) is 24.6 Å². The van der Waals surface area contributed by atoms with Crippen molar-refractivity contribution in [3.63, 3.8) is 0 Å². The maximum Gasteiger partial charge on any atom is 0.230 e. The molecule has 3 aromatic rings. The maximum atomic E-state index is 12.3. The Balaban J connectivity index is 1.37. The molecule has 0 radical (unpaired) electrons. The van der Waals surface area contributed by atoms with Crippen molar-refractivity contribution in [2.75, 3.05) is 26.1 Å². The molecule has 2 N–H and O–H groups in total. The molecule has 1 aliphatic heterocycles. The van der Waals surface area contributed by atoms with Crippen LogP contribution in [0, 0.1) is 6.92 Å². The van der Waals surface area contributed by atoms with Crippen LogP contribution in [0.4, 0.5) is 0 Å². The molecule has 7 nitrogen and oxygen atoms in total. The van der Waals surface area contributed by atoms with Crippen LogP contribution in [-0.4, -0.2) is 42.0 Å². The lowest BCUT2D eigenvalue weighted by Crippen LogP contribution is -2.24. The lowest BCUT2D eigenvalue weighted by atomic mass is 10.1. The third-order valence-electron chi connectivity index (χ3n) is 4.58. The summed E-state index contributed by atoms with van der Waals surface area (Å²) in [5.74, 6) is 2.20. The molecule has 0 aliphatic carbocycles. The Kier molecular flexibility index (Phi) is 5.80. The van der Waals surface area contributed by atoms with Crippen molar-refractivity contribution < 1.29 is 19.0 Å². The van der Waals surface area contributed by atoms with Gasteiger partial charge in [0.25, 0.3) is 0 Å². The Morgan fingerprint density at radius 3 is 2.83 bits per heavy atom. The summed E-state index contributed by atoms with van der Waals surface area (Å²) in [5.41, 5.74) is 3.88. The van der Waals surface area contributed by atoms with Crippen LogP contribution in [0.15, 0.2) is 35.5 Å². The van der Waals surface area contributed by atoms with Gasteiger partial charge in [-0.2, -0.15) is 0 Å². The summed E-state index contributed by atoms with van der Waals surface area (Å²) >= 11 is 1.38. The second-order valence-electron chi connectivity index (χ2n) is 6.79. The van der Waals surface area contributed by atoms with Crippen molar-refractivity contribution >= 4 is 28.7 Å². The van der Waals surface area contributed by atoms with E-state index in [9.17, 15) is 4.79 Å². The summed E-state index contributed by atoms with van der Waals surface area (Å²) in [7, 11) is 1.60. The van der Waals surface area contributed by atoms with Gasteiger partial charge < -0.3 is 24.5 Å². The van der Waals surface area contributed by atoms with E-state index >= 15 is 0 Å². The Labute approximate surface area is 173 Å². The first kappa shape index (κ1) is 19.4. The zero-order chi connectivity index (χ0) is 20.2. The molecule has 1 amide bonds. The number of amides is 1. The van der Waals surface area contributed by atoms with E-state index in [-0.39, 0.29) is 11.7 Å². The van der Waals surface area contributed by atoms with Crippen LogP contribution in [0.2, 0.25) is 0 Å². The molecule has 152 valence electrons. The number of fused-ring (bicyclic) bond motifs is 2. The number of rotatable bonds is 6. The van der Waals surface area contributed by atoms with Crippen LogP contribution in [0.1, 0.15) is 17.5 Å². The minimum Gasteiger partial charge on any atom is -0.496 e. The predicted molar refractivity (Wildman–Crippen MR) is 112 cm³/mol. The van der Waals surface area contributed by atoms with Crippen LogP contribution in [0.25, 0.3) is 11.0 Å². The number of nitrogens with one attached hydrogen (secondary N) is 2. The maximum absolute atomic E-state index is 12.3. The topological polar surface area (TPSA) is 85.5 Å². The highest BCUT2D eigenvalue weighted by molar-refractivity contribution is 7.99. The monoisotopic (exact) mass is 413 g/mol. The summed E-state index contributed by atoms with van der Waals surface area (Å²) < 4.78 is 16.9. The molecule has 1 aromatic heterocycles. The van der Waals surface area contributed by atoms with Crippen molar-refractivity contribution in [2.45, 2.75) is 25.0 Å². The second kappa shape index (κ2) is 8.65. The van der Waals surface area contributed by atoms with Crippen molar-refractivity contribution in [1.82, 2.24) is 15.3 Å². The van der Waals surface area contributed by atoms with Crippen LogP contribution in [-0.2, 0) is 11.3 Å². The molecule has 29 heavy (non-hydrogen) atoms. The van der Waals surface area contributed by atoms with Crippen molar-refractivity contribution in [3.05, 3.63) is 41.5 Å². The quantitative estimate of drug-likeness (QED) is 0.602. The number of methoxy groups -OCH3 is 1. The number of ether oxygens (including phenoxy) is 3. The van der Waals surface area contributed by atoms with Gasteiger partial charge in [-0.05, 0) is 30.7 Å². The number of nitrogens with zero attached hydrogens (tertiary/aromatic N) is 1. The van der Waals surface area contributed by atoms with Gasteiger partial charge in [-0.15, -0.1) is 0 Å².